The van der Waals surface area contributed by atoms with Crippen molar-refractivity contribution in [1.29, 1.82) is 5.26 Å². The van der Waals surface area contributed by atoms with Gasteiger partial charge in [0.1, 0.15) is 21.8 Å². The zero-order valence-corrected chi connectivity index (χ0v) is 21.7. The molecule has 0 spiro atoms. The normalized spacial score (nSPS) is 18.5. The van der Waals surface area contributed by atoms with E-state index >= 15 is 0 Å². The van der Waals surface area contributed by atoms with E-state index in [2.05, 4.69) is 0 Å². The summed E-state index contributed by atoms with van der Waals surface area (Å²) < 4.78 is 7.05. The number of thioether (sulfide) groups is 1. The van der Waals surface area contributed by atoms with Crippen molar-refractivity contribution in [2.75, 3.05) is 37.7 Å². The van der Waals surface area contributed by atoms with Gasteiger partial charge < -0.3 is 14.5 Å². The highest BCUT2D eigenvalue weighted by atomic mass is 32.2. The standard InChI is InChI=1S/C23H29N5O4S2/c1-6-14(3)28-21(30)18(34-23(28)33)12-16-15(4)17(13-24)20(29)25(5)19(16)26-8-10-27(11-9-26)22(31)32-7-2/h12,14H,6-11H2,1-5H3. The fraction of sp³-hybridized carbons (Fsp3) is 0.522. The average Bonchev–Trinajstić information content (AvgIpc) is 3.10. The maximum absolute atomic E-state index is 13.1. The summed E-state index contributed by atoms with van der Waals surface area (Å²) in [5.74, 6) is 0.438. The van der Waals surface area contributed by atoms with E-state index in [0.29, 0.717) is 59.0 Å². The molecule has 1 atom stereocenters. The van der Waals surface area contributed by atoms with Crippen LogP contribution in [0.15, 0.2) is 9.70 Å². The van der Waals surface area contributed by atoms with Crippen molar-refractivity contribution >= 4 is 52.2 Å². The lowest BCUT2D eigenvalue weighted by molar-refractivity contribution is -0.123. The Morgan fingerprint density at radius 1 is 1.26 bits per heavy atom. The molecule has 1 unspecified atom stereocenters. The monoisotopic (exact) mass is 503 g/mol. The zero-order chi connectivity index (χ0) is 25.2. The number of thiocarbonyl (C=S) groups is 1. The van der Waals surface area contributed by atoms with Crippen LogP contribution in [-0.2, 0) is 16.6 Å². The van der Waals surface area contributed by atoms with Gasteiger partial charge in [0.2, 0.25) is 0 Å². The van der Waals surface area contributed by atoms with E-state index in [4.69, 9.17) is 17.0 Å². The first-order valence-electron chi connectivity index (χ1n) is 11.2. The second kappa shape index (κ2) is 10.6. The Morgan fingerprint density at radius 3 is 2.47 bits per heavy atom. The summed E-state index contributed by atoms with van der Waals surface area (Å²) in [6, 6.07) is 1.99. The minimum Gasteiger partial charge on any atom is -0.450 e. The Morgan fingerprint density at radius 2 is 1.91 bits per heavy atom. The number of anilines is 1. The van der Waals surface area contributed by atoms with Crippen molar-refractivity contribution in [3.05, 3.63) is 31.9 Å². The van der Waals surface area contributed by atoms with Crippen LogP contribution in [0.5, 0.6) is 0 Å². The van der Waals surface area contributed by atoms with Crippen molar-refractivity contribution in [3.8, 4) is 6.07 Å². The van der Waals surface area contributed by atoms with E-state index in [1.165, 1.54) is 16.3 Å². The van der Waals surface area contributed by atoms with Gasteiger partial charge >= 0.3 is 6.09 Å². The number of hydrogen-bond donors (Lipinski definition) is 0. The minimum absolute atomic E-state index is 0.0234. The highest BCUT2D eigenvalue weighted by Gasteiger charge is 2.36. The predicted molar refractivity (Wildman–Crippen MR) is 137 cm³/mol. The largest absolute Gasteiger partial charge is 0.450 e. The quantitative estimate of drug-likeness (QED) is 0.447. The van der Waals surface area contributed by atoms with Crippen LogP contribution < -0.4 is 10.5 Å². The molecule has 0 bridgehead atoms. The number of carbonyl (C=O) groups is 2. The summed E-state index contributed by atoms with van der Waals surface area (Å²) in [5.41, 5.74) is 0.794. The molecule has 9 nitrogen and oxygen atoms in total. The van der Waals surface area contributed by atoms with E-state index in [1.807, 2.05) is 24.8 Å². The van der Waals surface area contributed by atoms with E-state index < -0.39 is 5.56 Å². The molecule has 2 fully saturated rings. The molecule has 2 aliphatic heterocycles. The van der Waals surface area contributed by atoms with Gasteiger partial charge in [-0.2, -0.15) is 5.26 Å². The average molecular weight is 504 g/mol. The second-order valence-corrected chi connectivity index (χ2v) is 9.87. The first-order chi connectivity index (χ1) is 16.2. The molecule has 182 valence electrons. The predicted octanol–water partition coefficient (Wildman–Crippen LogP) is 2.84. The maximum Gasteiger partial charge on any atom is 0.409 e. The van der Waals surface area contributed by atoms with Crippen LogP contribution in [0.4, 0.5) is 10.6 Å². The SMILES string of the molecule is CCOC(=O)N1CCN(c2c(C=C3SC(=S)N(C(C)CC)C3=O)c(C)c(C#N)c(=O)n2C)CC1. The number of hydrogen-bond acceptors (Lipinski definition) is 8. The minimum atomic E-state index is -0.396. The van der Waals surface area contributed by atoms with Crippen molar-refractivity contribution in [1.82, 2.24) is 14.4 Å². The third-order valence-corrected chi connectivity index (χ3v) is 7.53. The topological polar surface area (TPSA) is 98.9 Å². The van der Waals surface area contributed by atoms with Crippen LogP contribution in [0.3, 0.4) is 0 Å². The molecule has 11 heteroatoms. The Hall–Kier alpha value is -2.84. The van der Waals surface area contributed by atoms with E-state index in [-0.39, 0.29) is 23.6 Å². The molecule has 0 radical (unpaired) electrons. The molecule has 0 aliphatic carbocycles. The highest BCUT2D eigenvalue weighted by Crippen LogP contribution is 2.37. The summed E-state index contributed by atoms with van der Waals surface area (Å²) in [6.07, 6.45) is 2.15. The Labute approximate surface area is 208 Å². The van der Waals surface area contributed by atoms with Crippen molar-refractivity contribution in [2.45, 2.75) is 40.2 Å². The Balaban J connectivity index is 2.06. The summed E-state index contributed by atoms with van der Waals surface area (Å²) in [7, 11) is 1.62. The number of pyridine rings is 1. The smallest absolute Gasteiger partial charge is 0.409 e. The van der Waals surface area contributed by atoms with Crippen LogP contribution in [0.1, 0.15) is 43.9 Å². The second-order valence-electron chi connectivity index (χ2n) is 8.20. The molecule has 0 saturated carbocycles. The van der Waals surface area contributed by atoms with Crippen molar-refractivity contribution in [2.24, 2.45) is 7.05 Å². The molecule has 0 aromatic carbocycles. The summed E-state index contributed by atoms with van der Waals surface area (Å²) in [4.78, 5) is 43.9. The molecule has 1 aromatic rings. The van der Waals surface area contributed by atoms with Gasteiger partial charge in [0.25, 0.3) is 11.5 Å². The van der Waals surface area contributed by atoms with E-state index in [1.54, 1.807) is 36.8 Å². The fourth-order valence-electron chi connectivity index (χ4n) is 4.08. The van der Waals surface area contributed by atoms with Crippen molar-refractivity contribution < 1.29 is 14.3 Å². The number of nitriles is 1. The van der Waals surface area contributed by atoms with Crippen LogP contribution in [0.25, 0.3) is 6.08 Å². The van der Waals surface area contributed by atoms with Gasteiger partial charge in [0.15, 0.2) is 0 Å². The molecule has 3 heterocycles. The molecule has 1 aromatic heterocycles. The number of carbonyl (C=O) groups excluding carboxylic acids is 2. The zero-order valence-electron chi connectivity index (χ0n) is 20.1. The molecule has 34 heavy (non-hydrogen) atoms. The van der Waals surface area contributed by atoms with Gasteiger partial charge in [-0.1, -0.05) is 30.9 Å². The first-order valence-corrected chi connectivity index (χ1v) is 12.5. The Bertz CT molecular complexity index is 1150. The summed E-state index contributed by atoms with van der Waals surface area (Å²) in [6.45, 7) is 9.56. The molecular formula is C23H29N5O4S2. The molecule has 0 N–H and O–H groups in total. The number of piperazine rings is 1. The lowest BCUT2D eigenvalue weighted by Crippen LogP contribution is -2.50. The molecule has 2 saturated heterocycles. The lowest BCUT2D eigenvalue weighted by atomic mass is 10.0. The maximum atomic E-state index is 13.1. The van der Waals surface area contributed by atoms with Crippen LogP contribution >= 0.6 is 24.0 Å². The van der Waals surface area contributed by atoms with E-state index in [0.717, 1.165) is 6.42 Å². The Kier molecular flexibility index (Phi) is 8.05. The third-order valence-electron chi connectivity index (χ3n) is 6.20. The molecule has 2 aliphatic rings. The molecule has 3 rings (SSSR count). The number of rotatable bonds is 5. The van der Waals surface area contributed by atoms with E-state index in [9.17, 15) is 19.6 Å². The summed E-state index contributed by atoms with van der Waals surface area (Å²) >= 11 is 6.69. The van der Waals surface area contributed by atoms with Gasteiger partial charge in [-0.15, -0.1) is 0 Å². The number of ether oxygens (including phenoxy) is 1. The molecular weight excluding hydrogens is 474 g/mol. The van der Waals surface area contributed by atoms with Gasteiger partial charge in [-0.25, -0.2) is 4.79 Å². The molecule has 2 amide bonds. The van der Waals surface area contributed by atoms with Gasteiger partial charge in [-0.05, 0) is 38.8 Å². The summed E-state index contributed by atoms with van der Waals surface area (Å²) in [5, 5.41) is 9.64. The number of amides is 2. The van der Waals surface area contributed by atoms with Gasteiger partial charge in [0, 0.05) is 44.8 Å². The number of nitrogens with zero attached hydrogens (tertiary/aromatic N) is 5. The third kappa shape index (κ3) is 4.70. The first kappa shape index (κ1) is 25.8. The van der Waals surface area contributed by atoms with Gasteiger partial charge in [0.05, 0.1) is 11.5 Å². The lowest BCUT2D eigenvalue weighted by Gasteiger charge is -2.37. The van der Waals surface area contributed by atoms with Crippen LogP contribution in [0, 0.1) is 18.3 Å². The fourth-order valence-corrected chi connectivity index (χ4v) is 5.53. The van der Waals surface area contributed by atoms with Crippen molar-refractivity contribution in [3.63, 3.8) is 0 Å². The highest BCUT2D eigenvalue weighted by molar-refractivity contribution is 8.26. The number of aromatic nitrogens is 1. The van der Waals surface area contributed by atoms with Crippen LogP contribution in [0.2, 0.25) is 0 Å². The van der Waals surface area contributed by atoms with Crippen LogP contribution in [-0.4, -0.2) is 69.5 Å². The van der Waals surface area contributed by atoms with Gasteiger partial charge in [-0.3, -0.25) is 19.1 Å².